The lowest BCUT2D eigenvalue weighted by molar-refractivity contribution is 0.724. The van der Waals surface area contributed by atoms with Crippen molar-refractivity contribution in [3.63, 3.8) is 0 Å². The molecule has 11 aromatic carbocycles. The van der Waals surface area contributed by atoms with Gasteiger partial charge in [0.1, 0.15) is 0 Å². The summed E-state index contributed by atoms with van der Waals surface area (Å²) in [6.07, 6.45) is 10.3. The van der Waals surface area contributed by atoms with E-state index in [2.05, 4.69) is 208 Å². The summed E-state index contributed by atoms with van der Waals surface area (Å²) in [6, 6.07) is 76.0. The van der Waals surface area contributed by atoms with E-state index in [-0.39, 0.29) is 6.71 Å². The molecular formula is C70H50BN3. The van der Waals surface area contributed by atoms with Crippen molar-refractivity contribution in [3.8, 4) is 33.6 Å². The van der Waals surface area contributed by atoms with Crippen LogP contribution in [-0.2, 0) is 0 Å². The van der Waals surface area contributed by atoms with Gasteiger partial charge >= 0.3 is 0 Å². The SMILES string of the molecule is c1ccc2c(c1)-c1cccc3ccc4c(c13)c1c-2cccc1n4-c1cc2c3c(c1)-n1c4c(cc(C5CCCC5)cc4c4ccc5ccccc5c41)B3c1cc(C3CCCC3)ccc1N2c1cccc2ccccc12. The number of hydrogen-bond acceptors (Lipinski definition) is 1. The van der Waals surface area contributed by atoms with Gasteiger partial charge in [0.05, 0.1) is 27.9 Å². The molecular weight excluding hydrogens is 894 g/mol. The Morgan fingerprint density at radius 3 is 1.80 bits per heavy atom. The molecule has 0 saturated heterocycles. The molecule has 18 rings (SSSR count). The second-order valence-electron chi connectivity index (χ2n) is 22.4. The van der Waals surface area contributed by atoms with Crippen LogP contribution < -0.4 is 21.3 Å². The van der Waals surface area contributed by atoms with Crippen molar-refractivity contribution in [3.05, 3.63) is 205 Å². The summed E-state index contributed by atoms with van der Waals surface area (Å²) < 4.78 is 5.38. The van der Waals surface area contributed by atoms with Crippen molar-refractivity contribution in [2.75, 3.05) is 4.90 Å². The van der Waals surface area contributed by atoms with E-state index in [9.17, 15) is 0 Å². The van der Waals surface area contributed by atoms with E-state index in [4.69, 9.17) is 0 Å². The van der Waals surface area contributed by atoms with E-state index >= 15 is 0 Å². The highest BCUT2D eigenvalue weighted by molar-refractivity contribution is 7.00. The Morgan fingerprint density at radius 1 is 0.351 bits per heavy atom. The van der Waals surface area contributed by atoms with Gasteiger partial charge in [-0.25, -0.2) is 0 Å². The van der Waals surface area contributed by atoms with E-state index in [0.29, 0.717) is 11.8 Å². The van der Waals surface area contributed by atoms with Gasteiger partial charge in [0, 0.05) is 54.9 Å². The number of anilines is 3. The summed E-state index contributed by atoms with van der Waals surface area (Å²) >= 11 is 0. The molecule has 3 nitrogen and oxygen atoms in total. The van der Waals surface area contributed by atoms with Crippen LogP contribution in [0.2, 0.25) is 0 Å². The summed E-state index contributed by atoms with van der Waals surface area (Å²) in [5.74, 6) is 1.17. The molecule has 3 aliphatic carbocycles. The number of benzene rings is 11. The summed E-state index contributed by atoms with van der Waals surface area (Å²) in [7, 11) is 0. The van der Waals surface area contributed by atoms with Crippen LogP contribution in [0.3, 0.4) is 0 Å². The van der Waals surface area contributed by atoms with E-state index in [1.807, 2.05) is 0 Å². The first-order valence-electron chi connectivity index (χ1n) is 27.4. The van der Waals surface area contributed by atoms with Gasteiger partial charge in [-0.05, 0) is 151 Å². The van der Waals surface area contributed by atoms with Crippen LogP contribution in [0.1, 0.15) is 74.3 Å². The second kappa shape index (κ2) is 14.7. The first-order chi connectivity index (χ1) is 36.7. The molecule has 2 aromatic heterocycles. The molecule has 348 valence electrons. The fourth-order valence-electron chi connectivity index (χ4n) is 15.7. The lowest BCUT2D eigenvalue weighted by Crippen LogP contribution is -2.60. The zero-order chi connectivity index (χ0) is 47.9. The van der Waals surface area contributed by atoms with Gasteiger partial charge in [-0.2, -0.15) is 0 Å². The van der Waals surface area contributed by atoms with Crippen molar-refractivity contribution < 1.29 is 0 Å². The van der Waals surface area contributed by atoms with E-state index < -0.39 is 0 Å². The van der Waals surface area contributed by atoms with E-state index in [0.717, 1.165) is 0 Å². The first kappa shape index (κ1) is 40.2. The van der Waals surface area contributed by atoms with Crippen molar-refractivity contribution in [2.45, 2.75) is 63.2 Å². The molecule has 0 amide bonds. The van der Waals surface area contributed by atoms with Gasteiger partial charge in [-0.1, -0.05) is 177 Å². The number of nitrogens with zero attached hydrogens (tertiary/aromatic N) is 3. The molecule has 0 atom stereocenters. The van der Waals surface area contributed by atoms with Crippen LogP contribution >= 0.6 is 0 Å². The maximum atomic E-state index is 2.75. The molecule has 2 fully saturated rings. The van der Waals surface area contributed by atoms with Crippen LogP contribution in [0.5, 0.6) is 0 Å². The van der Waals surface area contributed by atoms with Gasteiger partial charge in [0.15, 0.2) is 0 Å². The Labute approximate surface area is 430 Å². The van der Waals surface area contributed by atoms with Gasteiger partial charge < -0.3 is 14.0 Å². The number of hydrogen-bond donors (Lipinski definition) is 0. The monoisotopic (exact) mass is 943 g/mol. The average Bonchev–Trinajstić information content (AvgIpc) is 4.31. The Kier molecular flexibility index (Phi) is 7.97. The smallest absolute Gasteiger partial charge is 0.252 e. The van der Waals surface area contributed by atoms with Gasteiger partial charge in [-0.3, -0.25) is 0 Å². The van der Waals surface area contributed by atoms with Crippen LogP contribution in [0.25, 0.3) is 110 Å². The summed E-state index contributed by atoms with van der Waals surface area (Å²) in [4.78, 5) is 2.69. The minimum Gasteiger partial charge on any atom is -0.311 e. The quantitative estimate of drug-likeness (QED) is 0.160. The Bertz CT molecular complexity index is 4650. The lowest BCUT2D eigenvalue weighted by atomic mass is 9.33. The summed E-state index contributed by atoms with van der Waals surface area (Å²) in [6.45, 7) is 0.0434. The highest BCUT2D eigenvalue weighted by atomic mass is 15.2. The zero-order valence-electron chi connectivity index (χ0n) is 41.2. The molecule has 0 radical (unpaired) electrons. The number of aromatic nitrogens is 2. The molecule has 13 aromatic rings. The van der Waals surface area contributed by atoms with Crippen LogP contribution in [0.4, 0.5) is 17.1 Å². The van der Waals surface area contributed by atoms with Gasteiger partial charge in [0.25, 0.3) is 6.71 Å². The lowest BCUT2D eigenvalue weighted by Gasteiger charge is -2.41. The fourth-order valence-corrected chi connectivity index (χ4v) is 15.7. The van der Waals surface area contributed by atoms with Crippen molar-refractivity contribution >= 4 is 116 Å². The standard InChI is InChI=1S/C70H50BN3/c1-2-15-41(14-1)46-32-34-60-57(37-46)71-58-38-47(42-16-3-4-17-42)36-56-55-33-30-44-19-6-8-23-50(44)69(55)74(70(56)58)64-40-48(39-63(68(64)71)73(60)59-28-12-20-43-18-5-7-22-49(43)59)72-61-29-13-27-54-52-25-10-9-24-51(52)53-26-11-21-45-31-35-62(72)67(65(45)53)66(54)61/h5-13,18-42H,1-4,14-17H2. The Balaban J connectivity index is 1.04. The highest BCUT2D eigenvalue weighted by Gasteiger charge is 2.44. The molecule has 0 unspecified atom stereocenters. The third-order valence-electron chi connectivity index (χ3n) is 18.8. The highest BCUT2D eigenvalue weighted by Crippen LogP contribution is 2.52. The van der Waals surface area contributed by atoms with Crippen LogP contribution in [0, 0.1) is 0 Å². The van der Waals surface area contributed by atoms with Gasteiger partial charge in [0.2, 0.25) is 0 Å². The van der Waals surface area contributed by atoms with Crippen molar-refractivity contribution in [2.24, 2.45) is 0 Å². The summed E-state index contributed by atoms with van der Waals surface area (Å²) in [5.41, 5.74) is 24.0. The molecule has 0 spiro atoms. The fraction of sp³-hybridized carbons (Fsp3) is 0.143. The average molecular weight is 944 g/mol. The molecule has 4 heterocycles. The number of rotatable bonds is 4. The molecule has 4 heteroatoms. The van der Waals surface area contributed by atoms with Crippen LogP contribution in [0.15, 0.2) is 194 Å². The molecule has 5 aliphatic rings. The molecule has 2 saturated carbocycles. The zero-order valence-corrected chi connectivity index (χ0v) is 41.2. The molecule has 0 bridgehead atoms. The predicted molar refractivity (Wildman–Crippen MR) is 314 cm³/mol. The maximum absolute atomic E-state index is 2.75. The van der Waals surface area contributed by atoms with E-state index in [1.165, 1.54) is 206 Å². The molecule has 74 heavy (non-hydrogen) atoms. The Morgan fingerprint density at radius 2 is 0.973 bits per heavy atom. The van der Waals surface area contributed by atoms with Gasteiger partial charge in [-0.15, -0.1) is 0 Å². The minimum absolute atomic E-state index is 0.0434. The second-order valence-corrected chi connectivity index (χ2v) is 22.4. The van der Waals surface area contributed by atoms with Crippen molar-refractivity contribution in [1.82, 2.24) is 9.13 Å². The number of fused-ring (bicyclic) bond motifs is 13. The summed E-state index contributed by atoms with van der Waals surface area (Å²) in [5, 5.41) is 13.1. The Hall–Kier alpha value is -8.34. The normalized spacial score (nSPS) is 15.8. The first-order valence-corrected chi connectivity index (χ1v) is 27.4. The topological polar surface area (TPSA) is 13.1 Å². The maximum Gasteiger partial charge on any atom is 0.252 e. The third kappa shape index (κ3) is 5.18. The van der Waals surface area contributed by atoms with Crippen molar-refractivity contribution in [1.29, 1.82) is 0 Å². The van der Waals surface area contributed by atoms with E-state index in [1.54, 1.807) is 0 Å². The van der Waals surface area contributed by atoms with Crippen LogP contribution in [-0.4, -0.2) is 15.8 Å². The third-order valence-corrected chi connectivity index (χ3v) is 18.8. The molecule has 2 aliphatic heterocycles. The predicted octanol–water partition coefficient (Wildman–Crippen LogP) is 16.9. The minimum atomic E-state index is 0.0434. The molecule has 0 N–H and O–H groups in total. The largest absolute Gasteiger partial charge is 0.311 e.